The second-order valence-corrected chi connectivity index (χ2v) is 7.69. The van der Waals surface area contributed by atoms with Crippen molar-refractivity contribution in [2.75, 3.05) is 36.4 Å². The standard InChI is InChI=1S/C22H26F2N6/c1-13-16(5-4-6-17(13)21(23)24)14(2)27-22-18-11-20(30-9-7-25-8-10-30)26-12-19(18)15(3)28-29-22/h4-6,11-12,14,21,25H,7-10H2,1-3H3,(H,27,29)/t14-/m1/s1. The summed E-state index contributed by atoms with van der Waals surface area (Å²) in [6.45, 7) is 9.24. The van der Waals surface area contributed by atoms with E-state index in [1.54, 1.807) is 13.0 Å². The third-order valence-electron chi connectivity index (χ3n) is 5.75. The molecule has 4 rings (SSSR count). The largest absolute Gasteiger partial charge is 0.362 e. The van der Waals surface area contributed by atoms with Gasteiger partial charge in [0.25, 0.3) is 6.43 Å². The number of hydrogen-bond donors (Lipinski definition) is 2. The van der Waals surface area contributed by atoms with E-state index >= 15 is 0 Å². The minimum Gasteiger partial charge on any atom is -0.362 e. The van der Waals surface area contributed by atoms with Gasteiger partial charge in [-0.15, -0.1) is 5.10 Å². The van der Waals surface area contributed by atoms with Gasteiger partial charge < -0.3 is 15.5 Å². The average molecular weight is 412 g/mol. The molecule has 3 aromatic rings. The first-order chi connectivity index (χ1) is 14.5. The zero-order valence-corrected chi connectivity index (χ0v) is 17.4. The first-order valence-electron chi connectivity index (χ1n) is 10.2. The number of alkyl halides is 2. The fourth-order valence-corrected chi connectivity index (χ4v) is 4.00. The molecule has 1 atom stereocenters. The lowest BCUT2D eigenvalue weighted by Crippen LogP contribution is -2.43. The molecule has 8 heteroatoms. The Labute approximate surface area is 174 Å². The Bertz CT molecular complexity index is 1050. The molecule has 0 spiro atoms. The molecule has 1 aliphatic heterocycles. The Balaban J connectivity index is 1.70. The number of rotatable bonds is 5. The molecule has 1 fully saturated rings. The zero-order chi connectivity index (χ0) is 21.3. The third-order valence-corrected chi connectivity index (χ3v) is 5.75. The van der Waals surface area contributed by atoms with E-state index in [0.29, 0.717) is 11.4 Å². The molecule has 0 amide bonds. The lowest BCUT2D eigenvalue weighted by Gasteiger charge is -2.28. The van der Waals surface area contributed by atoms with Gasteiger partial charge in [0, 0.05) is 48.7 Å². The van der Waals surface area contributed by atoms with Gasteiger partial charge >= 0.3 is 0 Å². The van der Waals surface area contributed by atoms with Crippen molar-refractivity contribution in [1.29, 1.82) is 0 Å². The second-order valence-electron chi connectivity index (χ2n) is 7.69. The second kappa shape index (κ2) is 8.47. The predicted octanol–water partition coefficient (Wildman–Crippen LogP) is 4.16. The highest BCUT2D eigenvalue weighted by Crippen LogP contribution is 2.32. The van der Waals surface area contributed by atoms with Gasteiger partial charge in [0.15, 0.2) is 5.82 Å². The van der Waals surface area contributed by atoms with Gasteiger partial charge in [0.1, 0.15) is 5.82 Å². The molecule has 158 valence electrons. The van der Waals surface area contributed by atoms with Crippen molar-refractivity contribution in [2.24, 2.45) is 0 Å². The predicted molar refractivity (Wildman–Crippen MR) is 115 cm³/mol. The van der Waals surface area contributed by atoms with Crippen LogP contribution in [0.1, 0.15) is 41.8 Å². The summed E-state index contributed by atoms with van der Waals surface area (Å²) < 4.78 is 26.6. The number of fused-ring (bicyclic) bond motifs is 1. The highest BCUT2D eigenvalue weighted by atomic mass is 19.3. The Morgan fingerprint density at radius 3 is 2.53 bits per heavy atom. The Hall–Kier alpha value is -2.87. The number of pyridine rings is 1. The van der Waals surface area contributed by atoms with E-state index in [2.05, 4.69) is 30.7 Å². The first-order valence-corrected chi connectivity index (χ1v) is 10.2. The van der Waals surface area contributed by atoms with Crippen molar-refractivity contribution in [3.8, 4) is 0 Å². The van der Waals surface area contributed by atoms with Gasteiger partial charge in [0.05, 0.1) is 11.7 Å². The fourth-order valence-electron chi connectivity index (χ4n) is 4.00. The molecule has 1 aromatic carbocycles. The molecule has 0 saturated carbocycles. The molecule has 0 radical (unpaired) electrons. The number of aryl methyl sites for hydroxylation is 1. The smallest absolute Gasteiger partial charge is 0.264 e. The van der Waals surface area contributed by atoms with Crippen LogP contribution in [0.3, 0.4) is 0 Å². The van der Waals surface area contributed by atoms with Gasteiger partial charge in [-0.3, -0.25) is 0 Å². The summed E-state index contributed by atoms with van der Waals surface area (Å²) in [7, 11) is 0. The van der Waals surface area contributed by atoms with Crippen LogP contribution in [0.2, 0.25) is 0 Å². The van der Waals surface area contributed by atoms with E-state index in [0.717, 1.165) is 54.0 Å². The monoisotopic (exact) mass is 412 g/mol. The van der Waals surface area contributed by atoms with Crippen LogP contribution in [0, 0.1) is 13.8 Å². The number of nitrogens with one attached hydrogen (secondary N) is 2. The maximum atomic E-state index is 13.3. The summed E-state index contributed by atoms with van der Waals surface area (Å²) in [5.74, 6) is 1.53. The molecule has 2 aromatic heterocycles. The first kappa shape index (κ1) is 20.4. The fraction of sp³-hybridized carbons (Fsp3) is 0.409. The molecular formula is C22H26F2N6. The topological polar surface area (TPSA) is 66.0 Å². The van der Waals surface area contributed by atoms with Crippen LogP contribution in [0.4, 0.5) is 20.4 Å². The highest BCUT2D eigenvalue weighted by molar-refractivity contribution is 5.94. The summed E-state index contributed by atoms with van der Waals surface area (Å²) in [6.07, 6.45) is -0.653. The number of halogens is 2. The van der Waals surface area contributed by atoms with Crippen molar-refractivity contribution in [2.45, 2.75) is 33.2 Å². The molecule has 1 aliphatic rings. The number of anilines is 2. The maximum absolute atomic E-state index is 13.3. The highest BCUT2D eigenvalue weighted by Gasteiger charge is 2.19. The van der Waals surface area contributed by atoms with Crippen molar-refractivity contribution < 1.29 is 8.78 Å². The lowest BCUT2D eigenvalue weighted by molar-refractivity contribution is 0.150. The number of piperazine rings is 1. The molecule has 6 nitrogen and oxygen atoms in total. The molecule has 3 heterocycles. The van der Waals surface area contributed by atoms with Crippen LogP contribution in [0.5, 0.6) is 0 Å². The van der Waals surface area contributed by atoms with Crippen molar-refractivity contribution in [3.05, 3.63) is 52.8 Å². The van der Waals surface area contributed by atoms with E-state index in [1.807, 2.05) is 32.2 Å². The zero-order valence-electron chi connectivity index (χ0n) is 17.4. The molecule has 1 saturated heterocycles. The molecule has 0 aliphatic carbocycles. The molecular weight excluding hydrogens is 386 g/mol. The minimum atomic E-state index is -2.50. The molecule has 30 heavy (non-hydrogen) atoms. The van der Waals surface area contributed by atoms with Gasteiger partial charge in [-0.2, -0.15) is 5.10 Å². The van der Waals surface area contributed by atoms with Gasteiger partial charge in [-0.05, 0) is 38.0 Å². The minimum absolute atomic E-state index is 0.0613. The third kappa shape index (κ3) is 3.92. The maximum Gasteiger partial charge on any atom is 0.264 e. The van der Waals surface area contributed by atoms with E-state index in [-0.39, 0.29) is 11.6 Å². The van der Waals surface area contributed by atoms with Crippen LogP contribution in [0.15, 0.2) is 30.5 Å². The van der Waals surface area contributed by atoms with Crippen LogP contribution >= 0.6 is 0 Å². The van der Waals surface area contributed by atoms with Gasteiger partial charge in [-0.1, -0.05) is 18.2 Å². The molecule has 0 unspecified atom stereocenters. The van der Waals surface area contributed by atoms with Crippen molar-refractivity contribution in [1.82, 2.24) is 20.5 Å². The Morgan fingerprint density at radius 2 is 1.80 bits per heavy atom. The number of hydrogen-bond acceptors (Lipinski definition) is 6. The lowest BCUT2D eigenvalue weighted by atomic mass is 9.97. The summed E-state index contributed by atoms with van der Waals surface area (Å²) in [5.41, 5.74) is 2.28. The summed E-state index contributed by atoms with van der Waals surface area (Å²) in [4.78, 5) is 6.88. The summed E-state index contributed by atoms with van der Waals surface area (Å²) >= 11 is 0. The number of aromatic nitrogens is 3. The van der Waals surface area contributed by atoms with Crippen LogP contribution < -0.4 is 15.5 Å². The van der Waals surface area contributed by atoms with E-state index in [4.69, 9.17) is 0 Å². The summed E-state index contributed by atoms with van der Waals surface area (Å²) in [6, 6.07) is 6.85. The van der Waals surface area contributed by atoms with E-state index in [9.17, 15) is 8.78 Å². The molecule has 2 N–H and O–H groups in total. The van der Waals surface area contributed by atoms with Crippen LogP contribution in [0.25, 0.3) is 10.8 Å². The SMILES string of the molecule is Cc1c(C(F)F)cccc1[C@@H](C)Nc1nnc(C)c2cnc(N3CCNCC3)cc12. The van der Waals surface area contributed by atoms with E-state index < -0.39 is 6.43 Å². The molecule has 0 bridgehead atoms. The number of nitrogens with zero attached hydrogens (tertiary/aromatic N) is 4. The van der Waals surface area contributed by atoms with E-state index in [1.165, 1.54) is 6.07 Å². The number of benzene rings is 1. The van der Waals surface area contributed by atoms with Crippen molar-refractivity contribution in [3.63, 3.8) is 0 Å². The van der Waals surface area contributed by atoms with Crippen LogP contribution in [-0.2, 0) is 0 Å². The van der Waals surface area contributed by atoms with Crippen molar-refractivity contribution >= 4 is 22.4 Å². The normalized spacial score (nSPS) is 15.6. The quantitative estimate of drug-likeness (QED) is 0.656. The average Bonchev–Trinajstić information content (AvgIpc) is 2.76. The van der Waals surface area contributed by atoms with Crippen LogP contribution in [-0.4, -0.2) is 41.4 Å². The van der Waals surface area contributed by atoms with Gasteiger partial charge in [-0.25, -0.2) is 13.8 Å². The Kier molecular flexibility index (Phi) is 5.76. The summed E-state index contributed by atoms with van der Waals surface area (Å²) in [5, 5.41) is 17.2. The van der Waals surface area contributed by atoms with Gasteiger partial charge in [0.2, 0.25) is 0 Å². The Morgan fingerprint density at radius 1 is 1.07 bits per heavy atom.